The van der Waals surface area contributed by atoms with Gasteiger partial charge in [0.1, 0.15) is 0 Å². The highest BCUT2D eigenvalue weighted by atomic mass is 16.2. The number of hydrogen-bond donors (Lipinski definition) is 0. The van der Waals surface area contributed by atoms with Crippen molar-refractivity contribution in [3.05, 3.63) is 34.7 Å². The summed E-state index contributed by atoms with van der Waals surface area (Å²) in [7, 11) is 2.35. The number of pyridine rings is 1. The van der Waals surface area contributed by atoms with E-state index in [4.69, 9.17) is 4.98 Å². The van der Waals surface area contributed by atoms with Gasteiger partial charge in [-0.15, -0.1) is 0 Å². The van der Waals surface area contributed by atoms with Crippen LogP contribution in [0.1, 0.15) is 88.6 Å². The van der Waals surface area contributed by atoms with Crippen molar-refractivity contribution in [3.8, 4) is 0 Å². The van der Waals surface area contributed by atoms with Gasteiger partial charge in [-0.05, 0) is 112 Å². The number of carbonyl (C=O) groups is 1. The first kappa shape index (κ1) is 22.8. The van der Waals surface area contributed by atoms with E-state index in [-0.39, 0.29) is 5.91 Å². The number of carbonyl (C=O) groups excluding carboxylic acids is 1. The Morgan fingerprint density at radius 3 is 2.74 bits per heavy atom. The van der Waals surface area contributed by atoms with Gasteiger partial charge < -0.3 is 9.80 Å². The van der Waals surface area contributed by atoms with Crippen LogP contribution in [0, 0.1) is 29.6 Å². The van der Waals surface area contributed by atoms with Gasteiger partial charge >= 0.3 is 0 Å². The van der Waals surface area contributed by atoms with Crippen LogP contribution in [-0.2, 0) is 11.2 Å². The molecular formula is C30H43N3O. The molecule has 4 nitrogen and oxygen atoms in total. The van der Waals surface area contributed by atoms with E-state index < -0.39 is 0 Å². The molecule has 2 aliphatic heterocycles. The maximum absolute atomic E-state index is 12.3. The Kier molecular flexibility index (Phi) is 5.87. The van der Waals surface area contributed by atoms with Gasteiger partial charge in [0, 0.05) is 37.8 Å². The van der Waals surface area contributed by atoms with Gasteiger partial charge in [-0.1, -0.05) is 25.5 Å². The van der Waals surface area contributed by atoms with Gasteiger partial charge in [0.25, 0.3) is 0 Å². The largest absolute Gasteiger partial charge is 0.340 e. The molecule has 3 aliphatic carbocycles. The summed E-state index contributed by atoms with van der Waals surface area (Å²) in [6.07, 6.45) is 12.4. The Morgan fingerprint density at radius 1 is 1.09 bits per heavy atom. The summed E-state index contributed by atoms with van der Waals surface area (Å²) in [5, 5.41) is 0. The monoisotopic (exact) mass is 461 g/mol. The van der Waals surface area contributed by atoms with Gasteiger partial charge in [0.2, 0.25) is 5.91 Å². The molecule has 8 atom stereocenters. The van der Waals surface area contributed by atoms with Crippen LogP contribution in [0.2, 0.25) is 0 Å². The van der Waals surface area contributed by atoms with Crippen molar-refractivity contribution < 1.29 is 4.79 Å². The van der Waals surface area contributed by atoms with Gasteiger partial charge in [-0.3, -0.25) is 9.78 Å². The van der Waals surface area contributed by atoms with Crippen molar-refractivity contribution >= 4 is 12.0 Å². The first-order valence-electron chi connectivity index (χ1n) is 14.0. The lowest BCUT2D eigenvalue weighted by atomic mass is 9.66. The summed E-state index contributed by atoms with van der Waals surface area (Å²) >= 11 is 0. The molecule has 0 unspecified atom stereocenters. The molecule has 1 aromatic heterocycles. The van der Waals surface area contributed by atoms with E-state index in [0.717, 1.165) is 37.3 Å². The molecule has 184 valence electrons. The van der Waals surface area contributed by atoms with E-state index in [9.17, 15) is 4.79 Å². The third-order valence-corrected chi connectivity index (χ3v) is 10.2. The third-order valence-electron chi connectivity index (χ3n) is 10.2. The van der Waals surface area contributed by atoms with Crippen LogP contribution in [0.15, 0.2) is 17.7 Å². The Hall–Kier alpha value is -1.68. The van der Waals surface area contributed by atoms with E-state index in [0.29, 0.717) is 29.7 Å². The first-order valence-corrected chi connectivity index (χ1v) is 14.0. The van der Waals surface area contributed by atoms with Crippen molar-refractivity contribution in [3.63, 3.8) is 0 Å². The van der Waals surface area contributed by atoms with Crippen LogP contribution in [0.25, 0.3) is 6.08 Å². The van der Waals surface area contributed by atoms with Crippen molar-refractivity contribution in [2.24, 2.45) is 29.6 Å². The molecule has 2 saturated carbocycles. The molecule has 0 N–H and O–H groups in total. The van der Waals surface area contributed by atoms with Crippen LogP contribution >= 0.6 is 0 Å². The lowest BCUT2D eigenvalue weighted by Crippen LogP contribution is -2.53. The molecule has 0 aromatic carbocycles. The summed E-state index contributed by atoms with van der Waals surface area (Å²) < 4.78 is 0. The van der Waals surface area contributed by atoms with E-state index in [1.165, 1.54) is 62.0 Å². The van der Waals surface area contributed by atoms with Crippen LogP contribution in [0.5, 0.6) is 0 Å². The van der Waals surface area contributed by atoms with Gasteiger partial charge in [-0.2, -0.15) is 0 Å². The Labute approximate surface area is 206 Å². The minimum Gasteiger partial charge on any atom is -0.340 e. The lowest BCUT2D eigenvalue weighted by molar-refractivity contribution is -0.137. The summed E-state index contributed by atoms with van der Waals surface area (Å²) in [6.45, 7) is 8.72. The zero-order valence-electron chi connectivity index (χ0n) is 21.7. The number of rotatable bonds is 2. The minimum atomic E-state index is 0.272. The van der Waals surface area contributed by atoms with Crippen molar-refractivity contribution in [1.82, 2.24) is 14.8 Å². The van der Waals surface area contributed by atoms with Crippen molar-refractivity contribution in [2.45, 2.75) is 90.1 Å². The summed E-state index contributed by atoms with van der Waals surface area (Å²) in [5.41, 5.74) is 5.70. The third kappa shape index (κ3) is 3.94. The van der Waals surface area contributed by atoms with E-state index in [1.807, 2.05) is 0 Å². The molecule has 6 rings (SSSR count). The number of aromatic nitrogens is 1. The topological polar surface area (TPSA) is 36.4 Å². The lowest BCUT2D eigenvalue weighted by Gasteiger charge is -2.49. The standard InChI is InChI=1S/C30H43N3O/c1-18-11-22-16-28-25(23-15-27(22)29(12-18)32(4)17-23)8-7-24(31-28)14-21-10-19(2)13-30-26(21)6-5-9-33(30)20(3)34/h7-8,16,18-19,21,23,26-27,29-30H,5-6,9-15,17H2,1-4H3/t18-,19+,21-,23-,26+,27-,29+,30-/m1/s1. The molecule has 4 fully saturated rings. The maximum atomic E-state index is 12.3. The molecule has 3 heterocycles. The normalized spacial score (nSPS) is 39.5. The number of hydrogen-bond acceptors (Lipinski definition) is 3. The molecule has 1 amide bonds. The number of nitrogens with zero attached hydrogens (tertiary/aromatic N) is 3. The van der Waals surface area contributed by atoms with E-state index in [1.54, 1.807) is 12.5 Å². The van der Waals surface area contributed by atoms with Crippen molar-refractivity contribution in [2.75, 3.05) is 20.1 Å². The Balaban J connectivity index is 1.29. The van der Waals surface area contributed by atoms with E-state index >= 15 is 0 Å². The Morgan fingerprint density at radius 2 is 1.91 bits per heavy atom. The van der Waals surface area contributed by atoms with E-state index in [2.05, 4.69) is 48.9 Å². The van der Waals surface area contributed by atoms with Crippen LogP contribution in [-0.4, -0.2) is 52.9 Å². The molecule has 0 spiro atoms. The Bertz CT molecular complexity index is 985. The second kappa shape index (κ2) is 8.76. The smallest absolute Gasteiger partial charge is 0.219 e. The number of fused-ring (bicyclic) bond motifs is 4. The predicted octanol–water partition coefficient (Wildman–Crippen LogP) is 5.53. The average Bonchev–Trinajstić information content (AvgIpc) is 2.92. The molecule has 4 heteroatoms. The van der Waals surface area contributed by atoms with Gasteiger partial charge in [0.15, 0.2) is 0 Å². The fraction of sp³-hybridized carbons (Fsp3) is 0.733. The predicted molar refractivity (Wildman–Crippen MR) is 137 cm³/mol. The first-order chi connectivity index (χ1) is 16.4. The highest BCUT2D eigenvalue weighted by Gasteiger charge is 2.44. The fourth-order valence-electron chi connectivity index (χ4n) is 8.82. The molecule has 34 heavy (non-hydrogen) atoms. The molecular weight excluding hydrogens is 418 g/mol. The van der Waals surface area contributed by atoms with Crippen molar-refractivity contribution in [1.29, 1.82) is 0 Å². The SMILES string of the molecule is CC(=O)N1CCC[C@H]2[C@@H](Cc3ccc4c(n3)C=C3C[C@@H](C)C[C@H]5[C@@H]3C[C@@H]4CN5C)C[C@H](C)C[C@H]21. The second-order valence-corrected chi connectivity index (χ2v) is 12.7. The number of amides is 1. The molecule has 5 aliphatic rings. The highest BCUT2D eigenvalue weighted by Crippen LogP contribution is 2.48. The molecule has 2 bridgehead atoms. The second-order valence-electron chi connectivity index (χ2n) is 12.7. The average molecular weight is 462 g/mol. The number of piperidine rings is 2. The maximum Gasteiger partial charge on any atom is 0.219 e. The van der Waals surface area contributed by atoms with Gasteiger partial charge in [0.05, 0.1) is 5.69 Å². The summed E-state index contributed by atoms with van der Waals surface area (Å²) in [6, 6.07) is 5.94. The number of likely N-dealkylation sites (tertiary alicyclic amines) is 2. The fourth-order valence-corrected chi connectivity index (χ4v) is 8.82. The quantitative estimate of drug-likeness (QED) is 0.581. The highest BCUT2D eigenvalue weighted by molar-refractivity contribution is 5.73. The summed E-state index contributed by atoms with van der Waals surface area (Å²) in [5.74, 6) is 4.35. The van der Waals surface area contributed by atoms with Crippen LogP contribution in [0.3, 0.4) is 0 Å². The zero-order valence-corrected chi connectivity index (χ0v) is 21.7. The zero-order chi connectivity index (χ0) is 23.6. The minimum absolute atomic E-state index is 0.272. The van der Waals surface area contributed by atoms with Crippen LogP contribution in [0.4, 0.5) is 0 Å². The molecule has 1 aromatic rings. The molecule has 0 radical (unpaired) electrons. The van der Waals surface area contributed by atoms with Gasteiger partial charge in [-0.25, -0.2) is 0 Å². The summed E-state index contributed by atoms with van der Waals surface area (Å²) in [4.78, 5) is 22.6. The van der Waals surface area contributed by atoms with Crippen LogP contribution < -0.4 is 0 Å². The molecule has 2 saturated heterocycles. The number of likely N-dealkylation sites (N-methyl/N-ethyl adjacent to an activating group) is 1.